The first-order chi connectivity index (χ1) is 9.72. The van der Waals surface area contributed by atoms with E-state index in [1.807, 2.05) is 24.3 Å². The molecule has 3 N–H and O–H groups in total. The molecule has 0 bridgehead atoms. The van der Waals surface area contributed by atoms with E-state index >= 15 is 0 Å². The van der Waals surface area contributed by atoms with Crippen molar-refractivity contribution in [1.29, 1.82) is 0 Å². The molecule has 0 unspecified atom stereocenters. The maximum absolute atomic E-state index is 12.0. The number of carbonyl (C=O) groups excluding carboxylic acids is 1. The highest BCUT2D eigenvalue weighted by molar-refractivity contribution is 5.92. The van der Waals surface area contributed by atoms with Gasteiger partial charge in [0.05, 0.1) is 6.54 Å². The molecular formula is C15H24ClN3O2. The van der Waals surface area contributed by atoms with Gasteiger partial charge in [0.15, 0.2) is 0 Å². The number of hydrogen-bond acceptors (Lipinski definition) is 4. The number of benzene rings is 1. The number of carbonyl (C=O) groups is 1. The van der Waals surface area contributed by atoms with Crippen molar-refractivity contribution in [2.75, 3.05) is 31.6 Å². The molecule has 1 fully saturated rings. The van der Waals surface area contributed by atoms with Crippen LogP contribution in [0.15, 0.2) is 24.3 Å². The second-order valence-corrected chi connectivity index (χ2v) is 5.00. The van der Waals surface area contributed by atoms with E-state index in [9.17, 15) is 4.79 Å². The number of ether oxygens (including phenoxy) is 1. The quantitative estimate of drug-likeness (QED) is 0.769. The molecule has 6 heteroatoms. The van der Waals surface area contributed by atoms with Gasteiger partial charge in [-0.05, 0) is 43.7 Å². The minimum absolute atomic E-state index is 0. The standard InChI is InChI=1S/C15H23N3O2.ClH/c1-2-18(13-5-6-13)11-15(19)17-12-3-7-14(8-4-12)20-10-9-16;/h3-4,7-8,13H,2,5-6,9-11,16H2,1H3,(H,17,19);1H. The molecule has 1 aromatic carbocycles. The third-order valence-electron chi connectivity index (χ3n) is 3.34. The van der Waals surface area contributed by atoms with E-state index in [4.69, 9.17) is 10.5 Å². The summed E-state index contributed by atoms with van der Waals surface area (Å²) in [7, 11) is 0. The Morgan fingerprint density at radius 2 is 2.05 bits per heavy atom. The fourth-order valence-corrected chi connectivity index (χ4v) is 2.14. The number of rotatable bonds is 8. The Kier molecular flexibility index (Phi) is 7.50. The van der Waals surface area contributed by atoms with Crippen molar-refractivity contribution >= 4 is 24.0 Å². The van der Waals surface area contributed by atoms with Gasteiger partial charge in [-0.15, -0.1) is 12.4 Å². The van der Waals surface area contributed by atoms with Crippen LogP contribution in [0.3, 0.4) is 0 Å². The number of nitrogens with zero attached hydrogens (tertiary/aromatic N) is 1. The highest BCUT2D eigenvalue weighted by atomic mass is 35.5. The smallest absolute Gasteiger partial charge is 0.238 e. The van der Waals surface area contributed by atoms with Gasteiger partial charge in [0.2, 0.25) is 5.91 Å². The zero-order valence-electron chi connectivity index (χ0n) is 12.4. The third kappa shape index (κ3) is 5.91. The van der Waals surface area contributed by atoms with Gasteiger partial charge in [0.25, 0.3) is 0 Å². The summed E-state index contributed by atoms with van der Waals surface area (Å²) in [6.07, 6.45) is 2.43. The summed E-state index contributed by atoms with van der Waals surface area (Å²) in [5, 5.41) is 2.91. The molecular weight excluding hydrogens is 290 g/mol. The molecule has 0 aliphatic heterocycles. The van der Waals surface area contributed by atoms with E-state index in [1.54, 1.807) is 0 Å². The highest BCUT2D eigenvalue weighted by Gasteiger charge is 2.28. The van der Waals surface area contributed by atoms with Crippen LogP contribution >= 0.6 is 12.4 Å². The summed E-state index contributed by atoms with van der Waals surface area (Å²) in [4.78, 5) is 14.2. The molecule has 0 aromatic heterocycles. The van der Waals surface area contributed by atoms with Crippen molar-refractivity contribution < 1.29 is 9.53 Å². The van der Waals surface area contributed by atoms with Gasteiger partial charge in [-0.3, -0.25) is 9.69 Å². The summed E-state index contributed by atoms with van der Waals surface area (Å²) < 4.78 is 5.39. The van der Waals surface area contributed by atoms with Crippen LogP contribution in [0.1, 0.15) is 19.8 Å². The first kappa shape index (κ1) is 17.8. The second-order valence-electron chi connectivity index (χ2n) is 5.00. The Labute approximate surface area is 132 Å². The maximum Gasteiger partial charge on any atom is 0.238 e. The summed E-state index contributed by atoms with van der Waals surface area (Å²) in [6.45, 7) is 4.47. The average molecular weight is 314 g/mol. The van der Waals surface area contributed by atoms with Crippen LogP contribution < -0.4 is 15.8 Å². The van der Waals surface area contributed by atoms with Crippen molar-refractivity contribution in [3.63, 3.8) is 0 Å². The summed E-state index contributed by atoms with van der Waals surface area (Å²) in [5.74, 6) is 0.802. The van der Waals surface area contributed by atoms with Gasteiger partial charge in [-0.1, -0.05) is 6.92 Å². The van der Waals surface area contributed by atoms with Gasteiger partial charge in [-0.25, -0.2) is 0 Å². The third-order valence-corrected chi connectivity index (χ3v) is 3.34. The lowest BCUT2D eigenvalue weighted by Gasteiger charge is -2.19. The molecule has 0 spiro atoms. The lowest BCUT2D eigenvalue weighted by atomic mass is 10.3. The monoisotopic (exact) mass is 313 g/mol. The predicted octanol–water partition coefficient (Wildman–Crippen LogP) is 1.87. The number of nitrogens with two attached hydrogens (primary N) is 1. The normalized spacial score (nSPS) is 13.7. The van der Waals surface area contributed by atoms with Gasteiger partial charge in [0.1, 0.15) is 12.4 Å². The van der Waals surface area contributed by atoms with Crippen LogP contribution in [-0.2, 0) is 4.79 Å². The van der Waals surface area contributed by atoms with E-state index in [0.717, 1.165) is 18.0 Å². The van der Waals surface area contributed by atoms with Gasteiger partial charge in [0, 0.05) is 18.3 Å². The van der Waals surface area contributed by atoms with Gasteiger partial charge < -0.3 is 15.8 Å². The van der Waals surface area contributed by atoms with Crippen molar-refractivity contribution in [2.24, 2.45) is 5.73 Å². The van der Waals surface area contributed by atoms with E-state index in [-0.39, 0.29) is 18.3 Å². The van der Waals surface area contributed by atoms with Gasteiger partial charge in [-0.2, -0.15) is 0 Å². The number of anilines is 1. The predicted molar refractivity (Wildman–Crippen MR) is 87.1 cm³/mol. The van der Waals surface area contributed by atoms with Crippen LogP contribution in [0.5, 0.6) is 5.75 Å². The SMILES string of the molecule is CCN(CC(=O)Nc1ccc(OCCN)cc1)C1CC1.Cl. The summed E-state index contributed by atoms with van der Waals surface area (Å²) in [5.41, 5.74) is 6.17. The average Bonchev–Trinajstić information content (AvgIpc) is 3.28. The minimum Gasteiger partial charge on any atom is -0.492 e. The van der Waals surface area contributed by atoms with Gasteiger partial charge >= 0.3 is 0 Å². The van der Waals surface area contributed by atoms with Crippen molar-refractivity contribution in [3.8, 4) is 5.75 Å². The van der Waals surface area contributed by atoms with Crippen LogP contribution in [0.4, 0.5) is 5.69 Å². The maximum atomic E-state index is 12.0. The van der Waals surface area contributed by atoms with E-state index in [2.05, 4.69) is 17.1 Å². The first-order valence-electron chi connectivity index (χ1n) is 7.19. The van der Waals surface area contributed by atoms with Crippen LogP contribution in [0, 0.1) is 0 Å². The summed E-state index contributed by atoms with van der Waals surface area (Å²) >= 11 is 0. The van der Waals surface area contributed by atoms with E-state index < -0.39 is 0 Å². The van der Waals surface area contributed by atoms with Crippen LogP contribution in [-0.4, -0.2) is 43.1 Å². The highest BCUT2D eigenvalue weighted by Crippen LogP contribution is 2.26. The topological polar surface area (TPSA) is 67.6 Å². The minimum atomic E-state index is 0. The lowest BCUT2D eigenvalue weighted by molar-refractivity contribution is -0.117. The first-order valence-corrected chi connectivity index (χ1v) is 7.19. The molecule has 1 aliphatic carbocycles. The molecule has 0 saturated heterocycles. The number of likely N-dealkylation sites (N-methyl/N-ethyl adjacent to an activating group) is 1. The fraction of sp³-hybridized carbons (Fsp3) is 0.533. The van der Waals surface area contributed by atoms with Crippen molar-refractivity contribution in [3.05, 3.63) is 24.3 Å². The Balaban J connectivity index is 0.00000220. The summed E-state index contributed by atoms with van der Waals surface area (Å²) in [6, 6.07) is 7.97. The molecule has 1 amide bonds. The Bertz CT molecular complexity index is 435. The molecule has 21 heavy (non-hydrogen) atoms. The Morgan fingerprint density at radius 1 is 1.38 bits per heavy atom. The second kappa shape index (κ2) is 8.87. The molecule has 1 saturated carbocycles. The van der Waals surface area contributed by atoms with E-state index in [1.165, 1.54) is 12.8 Å². The zero-order chi connectivity index (χ0) is 14.4. The van der Waals surface area contributed by atoms with Crippen LogP contribution in [0.2, 0.25) is 0 Å². The molecule has 118 valence electrons. The lowest BCUT2D eigenvalue weighted by Crippen LogP contribution is -2.34. The molecule has 2 rings (SSSR count). The molecule has 0 radical (unpaired) electrons. The molecule has 0 heterocycles. The van der Waals surface area contributed by atoms with Crippen LogP contribution in [0.25, 0.3) is 0 Å². The van der Waals surface area contributed by atoms with E-state index in [0.29, 0.717) is 25.7 Å². The number of hydrogen-bond donors (Lipinski definition) is 2. The van der Waals surface area contributed by atoms with Crippen molar-refractivity contribution in [2.45, 2.75) is 25.8 Å². The number of amides is 1. The zero-order valence-corrected chi connectivity index (χ0v) is 13.2. The number of halogens is 1. The number of nitrogens with one attached hydrogen (secondary N) is 1. The Morgan fingerprint density at radius 3 is 2.57 bits per heavy atom. The van der Waals surface area contributed by atoms with Crippen molar-refractivity contribution in [1.82, 2.24) is 4.90 Å². The fourth-order valence-electron chi connectivity index (χ4n) is 2.14. The molecule has 5 nitrogen and oxygen atoms in total. The molecule has 1 aliphatic rings. The molecule has 0 atom stereocenters. The Hall–Kier alpha value is -1.30. The largest absolute Gasteiger partial charge is 0.492 e. The molecule has 1 aromatic rings.